The van der Waals surface area contributed by atoms with Gasteiger partial charge in [-0.2, -0.15) is 0 Å². The standard InChI is InChI=1S/C19H19NO/c1-13-10-11-14-6-3-4-9-17(14)18(13)19(20)15-7-5-8-16(12-15)21-2/h3-12,19H,20H2,1-2H3. The number of ether oxygens (including phenoxy) is 1. The summed E-state index contributed by atoms with van der Waals surface area (Å²) in [5.41, 5.74) is 10.0. The van der Waals surface area contributed by atoms with Gasteiger partial charge in [-0.1, -0.05) is 48.5 Å². The average molecular weight is 277 g/mol. The highest BCUT2D eigenvalue weighted by Crippen LogP contribution is 2.31. The lowest BCUT2D eigenvalue weighted by Crippen LogP contribution is -2.14. The summed E-state index contributed by atoms with van der Waals surface area (Å²) in [5, 5.41) is 2.43. The van der Waals surface area contributed by atoms with E-state index in [1.807, 2.05) is 18.2 Å². The van der Waals surface area contributed by atoms with Crippen LogP contribution in [0.5, 0.6) is 5.75 Å². The number of benzene rings is 3. The van der Waals surface area contributed by atoms with E-state index in [0.29, 0.717) is 0 Å². The molecule has 21 heavy (non-hydrogen) atoms. The van der Waals surface area contributed by atoms with Crippen molar-refractivity contribution < 1.29 is 4.74 Å². The number of hydrogen-bond acceptors (Lipinski definition) is 2. The Bertz CT molecular complexity index is 779. The van der Waals surface area contributed by atoms with E-state index in [1.165, 1.54) is 21.9 Å². The van der Waals surface area contributed by atoms with Crippen molar-refractivity contribution in [3.8, 4) is 5.75 Å². The van der Waals surface area contributed by atoms with Gasteiger partial charge in [0.15, 0.2) is 0 Å². The lowest BCUT2D eigenvalue weighted by atomic mass is 9.91. The van der Waals surface area contributed by atoms with Crippen LogP contribution in [0.1, 0.15) is 22.7 Å². The molecule has 106 valence electrons. The number of hydrogen-bond donors (Lipinski definition) is 1. The van der Waals surface area contributed by atoms with Gasteiger partial charge in [-0.25, -0.2) is 0 Å². The summed E-state index contributed by atoms with van der Waals surface area (Å²) in [6.07, 6.45) is 0. The van der Waals surface area contributed by atoms with Crippen LogP contribution in [-0.2, 0) is 0 Å². The fraction of sp³-hybridized carbons (Fsp3) is 0.158. The van der Waals surface area contributed by atoms with Gasteiger partial charge < -0.3 is 10.5 Å². The van der Waals surface area contributed by atoms with Gasteiger partial charge in [-0.05, 0) is 46.5 Å². The Morgan fingerprint density at radius 2 is 1.76 bits per heavy atom. The van der Waals surface area contributed by atoms with Crippen LogP contribution in [0.15, 0.2) is 60.7 Å². The molecule has 1 atom stereocenters. The normalized spacial score (nSPS) is 12.3. The van der Waals surface area contributed by atoms with Crippen molar-refractivity contribution in [3.63, 3.8) is 0 Å². The molecule has 3 aromatic carbocycles. The van der Waals surface area contributed by atoms with Crippen molar-refractivity contribution in [2.45, 2.75) is 13.0 Å². The zero-order chi connectivity index (χ0) is 14.8. The third-order valence-corrected chi connectivity index (χ3v) is 3.95. The summed E-state index contributed by atoms with van der Waals surface area (Å²) in [5.74, 6) is 0.834. The fourth-order valence-electron chi connectivity index (χ4n) is 2.82. The Balaban J connectivity index is 2.16. The number of aryl methyl sites for hydroxylation is 1. The summed E-state index contributed by atoms with van der Waals surface area (Å²) in [6, 6.07) is 20.5. The van der Waals surface area contributed by atoms with Crippen LogP contribution in [0.3, 0.4) is 0 Å². The quantitative estimate of drug-likeness (QED) is 0.778. The van der Waals surface area contributed by atoms with Crippen LogP contribution in [0.4, 0.5) is 0 Å². The van der Waals surface area contributed by atoms with Crippen LogP contribution in [0.25, 0.3) is 10.8 Å². The molecule has 0 heterocycles. The molecule has 0 bridgehead atoms. The third kappa shape index (κ3) is 2.50. The second kappa shape index (κ2) is 5.58. The van der Waals surface area contributed by atoms with Crippen LogP contribution >= 0.6 is 0 Å². The van der Waals surface area contributed by atoms with Gasteiger partial charge in [0.2, 0.25) is 0 Å². The minimum Gasteiger partial charge on any atom is -0.497 e. The molecule has 0 aromatic heterocycles. The van der Waals surface area contributed by atoms with E-state index >= 15 is 0 Å². The summed E-state index contributed by atoms with van der Waals surface area (Å²) < 4.78 is 5.30. The molecule has 0 amide bonds. The summed E-state index contributed by atoms with van der Waals surface area (Å²) >= 11 is 0. The largest absolute Gasteiger partial charge is 0.497 e. The monoisotopic (exact) mass is 277 g/mol. The lowest BCUT2D eigenvalue weighted by Gasteiger charge is -2.18. The molecule has 0 saturated heterocycles. The van der Waals surface area contributed by atoms with Crippen molar-refractivity contribution in [2.75, 3.05) is 7.11 Å². The molecule has 0 aliphatic heterocycles. The molecule has 0 spiro atoms. The second-order valence-electron chi connectivity index (χ2n) is 5.27. The van der Waals surface area contributed by atoms with Crippen molar-refractivity contribution in [1.82, 2.24) is 0 Å². The van der Waals surface area contributed by atoms with Gasteiger partial charge in [0.1, 0.15) is 5.75 Å². The van der Waals surface area contributed by atoms with Gasteiger partial charge >= 0.3 is 0 Å². The van der Waals surface area contributed by atoms with Gasteiger partial charge in [-0.15, -0.1) is 0 Å². The van der Waals surface area contributed by atoms with Crippen molar-refractivity contribution >= 4 is 10.8 Å². The first-order chi connectivity index (χ1) is 10.2. The van der Waals surface area contributed by atoms with E-state index < -0.39 is 0 Å². The van der Waals surface area contributed by atoms with Crippen LogP contribution < -0.4 is 10.5 Å². The maximum Gasteiger partial charge on any atom is 0.119 e. The predicted molar refractivity (Wildman–Crippen MR) is 87.7 cm³/mol. The Hall–Kier alpha value is -2.32. The molecule has 0 fully saturated rings. The first kappa shape index (κ1) is 13.7. The number of fused-ring (bicyclic) bond motifs is 1. The molecule has 0 aliphatic carbocycles. The van der Waals surface area contributed by atoms with Crippen LogP contribution in [0.2, 0.25) is 0 Å². The second-order valence-corrected chi connectivity index (χ2v) is 5.27. The molecule has 2 nitrogen and oxygen atoms in total. The molecule has 0 aliphatic rings. The maximum absolute atomic E-state index is 6.55. The Labute approximate surface area is 125 Å². The molecule has 0 radical (unpaired) electrons. The van der Waals surface area contributed by atoms with Gasteiger partial charge in [0.25, 0.3) is 0 Å². The number of rotatable bonds is 3. The maximum atomic E-state index is 6.55. The number of methoxy groups -OCH3 is 1. The van der Waals surface area contributed by atoms with E-state index in [9.17, 15) is 0 Å². The third-order valence-electron chi connectivity index (χ3n) is 3.95. The highest BCUT2D eigenvalue weighted by Gasteiger charge is 2.15. The Kier molecular flexibility index (Phi) is 3.63. The highest BCUT2D eigenvalue weighted by molar-refractivity contribution is 5.87. The minimum atomic E-state index is -0.161. The topological polar surface area (TPSA) is 35.2 Å². The molecule has 0 saturated carbocycles. The molecular formula is C19H19NO. The fourth-order valence-corrected chi connectivity index (χ4v) is 2.82. The smallest absolute Gasteiger partial charge is 0.119 e. The number of nitrogens with two attached hydrogens (primary N) is 1. The average Bonchev–Trinajstić information content (AvgIpc) is 2.54. The molecule has 3 rings (SSSR count). The van der Waals surface area contributed by atoms with E-state index in [1.54, 1.807) is 7.11 Å². The van der Waals surface area contributed by atoms with E-state index in [-0.39, 0.29) is 6.04 Å². The van der Waals surface area contributed by atoms with Crippen molar-refractivity contribution in [1.29, 1.82) is 0 Å². The van der Waals surface area contributed by atoms with Crippen molar-refractivity contribution in [2.24, 2.45) is 5.73 Å². The van der Waals surface area contributed by atoms with Gasteiger partial charge in [0.05, 0.1) is 13.2 Å². The first-order valence-electron chi connectivity index (χ1n) is 7.08. The molecule has 2 heteroatoms. The summed E-state index contributed by atoms with van der Waals surface area (Å²) in [7, 11) is 1.67. The SMILES string of the molecule is COc1cccc(C(N)c2c(C)ccc3ccccc23)c1. The van der Waals surface area contributed by atoms with Crippen molar-refractivity contribution in [3.05, 3.63) is 77.4 Å². The predicted octanol–water partition coefficient (Wildman–Crippen LogP) is 4.20. The van der Waals surface area contributed by atoms with E-state index in [4.69, 9.17) is 10.5 Å². The van der Waals surface area contributed by atoms with Gasteiger partial charge in [-0.3, -0.25) is 0 Å². The van der Waals surface area contributed by atoms with Gasteiger partial charge in [0, 0.05) is 0 Å². The first-order valence-corrected chi connectivity index (χ1v) is 7.08. The summed E-state index contributed by atoms with van der Waals surface area (Å²) in [4.78, 5) is 0. The minimum absolute atomic E-state index is 0.161. The molecule has 2 N–H and O–H groups in total. The summed E-state index contributed by atoms with van der Waals surface area (Å²) in [6.45, 7) is 2.11. The zero-order valence-corrected chi connectivity index (χ0v) is 12.3. The lowest BCUT2D eigenvalue weighted by molar-refractivity contribution is 0.414. The Morgan fingerprint density at radius 1 is 0.952 bits per heavy atom. The van der Waals surface area contributed by atoms with Crippen LogP contribution in [-0.4, -0.2) is 7.11 Å². The highest BCUT2D eigenvalue weighted by atomic mass is 16.5. The van der Waals surface area contributed by atoms with E-state index in [2.05, 4.69) is 49.4 Å². The van der Waals surface area contributed by atoms with E-state index in [0.717, 1.165) is 11.3 Å². The molecule has 1 unspecified atom stereocenters. The molecular weight excluding hydrogens is 258 g/mol. The molecule has 3 aromatic rings. The Morgan fingerprint density at radius 3 is 2.57 bits per heavy atom. The zero-order valence-electron chi connectivity index (χ0n) is 12.3. The van der Waals surface area contributed by atoms with Crippen LogP contribution in [0, 0.1) is 6.92 Å².